The summed E-state index contributed by atoms with van der Waals surface area (Å²) in [4.78, 5) is 16.2. The molecule has 10 heteroatoms. The van der Waals surface area contributed by atoms with Crippen molar-refractivity contribution >= 4 is 28.6 Å². The highest BCUT2D eigenvalue weighted by Crippen LogP contribution is 2.32. The summed E-state index contributed by atoms with van der Waals surface area (Å²) in [5.41, 5.74) is 3.21. The zero-order valence-electron chi connectivity index (χ0n) is 19.1. The molecule has 1 aromatic carbocycles. The van der Waals surface area contributed by atoms with Gasteiger partial charge in [-0.2, -0.15) is 4.21 Å². The van der Waals surface area contributed by atoms with E-state index in [-0.39, 0.29) is 5.92 Å². The number of thiazole rings is 1. The van der Waals surface area contributed by atoms with Crippen molar-refractivity contribution in [3.05, 3.63) is 63.9 Å². The van der Waals surface area contributed by atoms with Gasteiger partial charge in [0.1, 0.15) is 12.4 Å². The van der Waals surface area contributed by atoms with Gasteiger partial charge in [-0.05, 0) is 42.5 Å². The normalized spacial score (nSPS) is 21.5. The number of piperidine rings is 1. The van der Waals surface area contributed by atoms with E-state index in [1.165, 1.54) is 10.6 Å². The van der Waals surface area contributed by atoms with Gasteiger partial charge in [-0.25, -0.2) is 15.0 Å². The fourth-order valence-corrected chi connectivity index (χ4v) is 5.73. The molecule has 2 aromatic heterocycles. The number of aromatic nitrogens is 3. The topological polar surface area (TPSA) is 86.7 Å². The molecular weight excluding hydrogens is 472 g/mol. The van der Waals surface area contributed by atoms with Gasteiger partial charge in [0.25, 0.3) is 0 Å². The highest BCUT2D eigenvalue weighted by Gasteiger charge is 2.25. The minimum atomic E-state index is -1.61. The van der Waals surface area contributed by atoms with Crippen LogP contribution in [0.15, 0.2) is 42.0 Å². The van der Waals surface area contributed by atoms with Crippen molar-refractivity contribution < 1.29 is 17.3 Å². The molecule has 0 aliphatic carbocycles. The Bertz CT molecular complexity index is 1090. The monoisotopic (exact) mass is 500 g/mol. The molecule has 3 aromatic rings. The number of ether oxygens (including phenoxy) is 1. The van der Waals surface area contributed by atoms with Crippen LogP contribution in [0.1, 0.15) is 53.4 Å². The van der Waals surface area contributed by atoms with Gasteiger partial charge < -0.3 is 9.64 Å². The zero-order chi connectivity index (χ0) is 23.3. The van der Waals surface area contributed by atoms with Gasteiger partial charge in [-0.3, -0.25) is 8.37 Å². The Morgan fingerprint density at radius 2 is 1.79 bits per heavy atom. The van der Waals surface area contributed by atoms with Crippen molar-refractivity contribution in [3.8, 4) is 5.75 Å². The molecule has 0 unspecified atom stereocenters. The molecule has 2 fully saturated rings. The SMILES string of the molecule is CCc1cnc(N2CCC(c3nc(COc4ccc([C@H]5CO[S@](=O)OC5)cc4)cs3)CC2)nc1. The van der Waals surface area contributed by atoms with E-state index in [9.17, 15) is 4.21 Å². The number of anilines is 1. The summed E-state index contributed by atoms with van der Waals surface area (Å²) in [5.74, 6) is 2.18. The zero-order valence-corrected chi connectivity index (χ0v) is 20.7. The lowest BCUT2D eigenvalue weighted by Crippen LogP contribution is -2.34. The largest absolute Gasteiger partial charge is 0.487 e. The summed E-state index contributed by atoms with van der Waals surface area (Å²) in [7, 11) is 0. The molecule has 34 heavy (non-hydrogen) atoms. The predicted molar refractivity (Wildman–Crippen MR) is 131 cm³/mol. The Kier molecular flexibility index (Phi) is 7.48. The van der Waals surface area contributed by atoms with E-state index in [2.05, 4.69) is 27.2 Å². The van der Waals surface area contributed by atoms with Crippen LogP contribution >= 0.6 is 11.3 Å². The molecule has 0 N–H and O–H groups in total. The van der Waals surface area contributed by atoms with Crippen LogP contribution in [0.3, 0.4) is 0 Å². The molecule has 0 radical (unpaired) electrons. The number of hydrogen-bond acceptors (Lipinski definition) is 9. The van der Waals surface area contributed by atoms with Gasteiger partial charge in [0, 0.05) is 42.7 Å². The number of rotatable bonds is 7. The third kappa shape index (κ3) is 5.63. The third-order valence-corrected chi connectivity index (χ3v) is 7.98. The lowest BCUT2D eigenvalue weighted by Gasteiger charge is -2.31. The van der Waals surface area contributed by atoms with Crippen LogP contribution < -0.4 is 9.64 Å². The van der Waals surface area contributed by atoms with Crippen LogP contribution in [-0.4, -0.2) is 45.5 Å². The molecular formula is C24H28N4O4S2. The maximum atomic E-state index is 11.1. The first-order valence-corrected chi connectivity index (χ1v) is 13.5. The van der Waals surface area contributed by atoms with E-state index in [1.807, 2.05) is 36.7 Å². The van der Waals surface area contributed by atoms with Gasteiger partial charge in [0.05, 0.1) is 23.9 Å². The summed E-state index contributed by atoms with van der Waals surface area (Å²) in [5, 5.41) is 3.28. The van der Waals surface area contributed by atoms with E-state index >= 15 is 0 Å². The van der Waals surface area contributed by atoms with Crippen molar-refractivity contribution in [1.82, 2.24) is 15.0 Å². The minimum absolute atomic E-state index is 0.0848. The first-order valence-electron chi connectivity index (χ1n) is 11.6. The first kappa shape index (κ1) is 23.3. The molecule has 0 spiro atoms. The van der Waals surface area contributed by atoms with Crippen LogP contribution in [0.4, 0.5) is 5.95 Å². The van der Waals surface area contributed by atoms with E-state index in [4.69, 9.17) is 18.1 Å². The summed E-state index contributed by atoms with van der Waals surface area (Å²) in [6.07, 6.45) is 6.92. The van der Waals surface area contributed by atoms with Gasteiger partial charge in [-0.15, -0.1) is 11.3 Å². The lowest BCUT2D eigenvalue weighted by molar-refractivity contribution is 0.160. The Morgan fingerprint density at radius 1 is 1.09 bits per heavy atom. The summed E-state index contributed by atoms with van der Waals surface area (Å²) in [6.45, 7) is 5.24. The Morgan fingerprint density at radius 3 is 2.47 bits per heavy atom. The molecule has 0 bridgehead atoms. The molecule has 0 amide bonds. The van der Waals surface area contributed by atoms with E-state index in [0.717, 1.165) is 55.3 Å². The second kappa shape index (κ2) is 10.9. The second-order valence-corrected chi connectivity index (χ2v) is 10.3. The highest BCUT2D eigenvalue weighted by molar-refractivity contribution is 7.75. The maximum Gasteiger partial charge on any atom is 0.304 e. The minimum Gasteiger partial charge on any atom is -0.487 e. The number of aryl methyl sites for hydroxylation is 1. The molecule has 0 saturated carbocycles. The van der Waals surface area contributed by atoms with Gasteiger partial charge >= 0.3 is 11.4 Å². The fraction of sp³-hybridized carbons (Fsp3) is 0.458. The molecule has 4 heterocycles. The molecule has 2 aliphatic rings. The van der Waals surface area contributed by atoms with Gasteiger partial charge in [-0.1, -0.05) is 19.1 Å². The van der Waals surface area contributed by atoms with Crippen LogP contribution in [0.5, 0.6) is 5.75 Å². The average Bonchev–Trinajstić information content (AvgIpc) is 3.38. The van der Waals surface area contributed by atoms with E-state index in [0.29, 0.717) is 25.7 Å². The predicted octanol–water partition coefficient (Wildman–Crippen LogP) is 4.17. The number of hydrogen-bond donors (Lipinski definition) is 0. The van der Waals surface area contributed by atoms with Gasteiger partial charge in [0.15, 0.2) is 0 Å². The Balaban J connectivity index is 1.10. The van der Waals surface area contributed by atoms with E-state index in [1.54, 1.807) is 11.3 Å². The maximum absolute atomic E-state index is 11.1. The van der Waals surface area contributed by atoms with Crippen LogP contribution in [-0.2, 0) is 32.8 Å². The fourth-order valence-electron chi connectivity index (χ4n) is 4.14. The Labute approximate surface area is 206 Å². The van der Waals surface area contributed by atoms with E-state index < -0.39 is 11.4 Å². The molecule has 0 atom stereocenters. The van der Waals surface area contributed by atoms with Crippen molar-refractivity contribution in [3.63, 3.8) is 0 Å². The average molecular weight is 501 g/mol. The quantitative estimate of drug-likeness (QED) is 0.478. The van der Waals surface area contributed by atoms with Crippen LogP contribution in [0.2, 0.25) is 0 Å². The smallest absolute Gasteiger partial charge is 0.304 e. The van der Waals surface area contributed by atoms with Crippen molar-refractivity contribution in [2.24, 2.45) is 0 Å². The standard InChI is InChI=1S/C24H28N4O4S2/c1-2-17-11-25-24(26-12-17)28-9-7-19(8-10-28)23-27-21(16-33-23)15-30-22-5-3-18(4-6-22)20-13-31-34(29)32-14-20/h3-6,11-12,16,19-20H,2,7-10,13-15H2,1H3/t20-,34-. The Hall–Kier alpha value is -2.40. The molecule has 8 nitrogen and oxygen atoms in total. The lowest BCUT2D eigenvalue weighted by atomic mass is 9.98. The van der Waals surface area contributed by atoms with Crippen molar-refractivity contribution in [2.45, 2.75) is 44.6 Å². The highest BCUT2D eigenvalue weighted by atomic mass is 32.2. The third-order valence-electron chi connectivity index (χ3n) is 6.27. The molecule has 5 rings (SSSR count). The van der Waals surface area contributed by atoms with Crippen molar-refractivity contribution in [1.29, 1.82) is 0 Å². The first-order chi connectivity index (χ1) is 16.7. The molecule has 2 saturated heterocycles. The second-order valence-electron chi connectivity index (χ2n) is 8.51. The van der Waals surface area contributed by atoms with Gasteiger partial charge in [0.2, 0.25) is 5.95 Å². The van der Waals surface area contributed by atoms with Crippen LogP contribution in [0, 0.1) is 0 Å². The summed E-state index contributed by atoms with van der Waals surface area (Å²) < 4.78 is 27.2. The van der Waals surface area contributed by atoms with Crippen LogP contribution in [0.25, 0.3) is 0 Å². The summed E-state index contributed by atoms with van der Waals surface area (Å²) >= 11 is 0.107. The number of nitrogens with zero attached hydrogens (tertiary/aromatic N) is 4. The molecule has 180 valence electrons. The number of benzene rings is 1. The molecule has 2 aliphatic heterocycles. The summed E-state index contributed by atoms with van der Waals surface area (Å²) in [6, 6.07) is 7.89. The van der Waals surface area contributed by atoms with Crippen molar-refractivity contribution in [2.75, 3.05) is 31.2 Å².